The van der Waals surface area contributed by atoms with Crippen LogP contribution in [0.5, 0.6) is 0 Å². The molecule has 1 saturated heterocycles. The van der Waals surface area contributed by atoms with Gasteiger partial charge in [0.1, 0.15) is 5.52 Å². The van der Waals surface area contributed by atoms with Gasteiger partial charge in [0.15, 0.2) is 11.6 Å². The zero-order valence-electron chi connectivity index (χ0n) is 16.3. The van der Waals surface area contributed by atoms with Gasteiger partial charge in [-0.2, -0.15) is 0 Å². The molecule has 0 unspecified atom stereocenters. The Balaban J connectivity index is 0.00000102. The van der Waals surface area contributed by atoms with E-state index < -0.39 is 0 Å². The molecule has 4 rings (SSSR count). The third-order valence-electron chi connectivity index (χ3n) is 4.30. The van der Waals surface area contributed by atoms with Crippen LogP contribution in [-0.4, -0.2) is 48.3 Å². The molecule has 0 radical (unpaired) electrons. The lowest BCUT2D eigenvalue weighted by atomic mass is 10.2. The van der Waals surface area contributed by atoms with Crippen LogP contribution in [-0.2, 0) is 11.3 Å². The summed E-state index contributed by atoms with van der Waals surface area (Å²) in [6, 6.07) is 12.2. The number of rotatable bonds is 4. The molecule has 6 heteroatoms. The van der Waals surface area contributed by atoms with Crippen molar-refractivity contribution in [1.29, 1.82) is 0 Å². The maximum atomic E-state index is 5.49. The van der Waals surface area contributed by atoms with E-state index in [1.54, 1.807) is 0 Å². The van der Waals surface area contributed by atoms with Crippen molar-refractivity contribution in [2.45, 2.75) is 20.4 Å². The maximum Gasteiger partial charge on any atom is 0.162 e. The second-order valence-corrected chi connectivity index (χ2v) is 6.08. The van der Waals surface area contributed by atoms with E-state index >= 15 is 0 Å². The molecule has 3 heterocycles. The van der Waals surface area contributed by atoms with Crippen molar-refractivity contribution in [3.05, 3.63) is 48.2 Å². The Morgan fingerprint density at radius 3 is 2.52 bits per heavy atom. The summed E-state index contributed by atoms with van der Waals surface area (Å²) in [4.78, 5) is 16.5. The van der Waals surface area contributed by atoms with Gasteiger partial charge in [0.2, 0.25) is 0 Å². The van der Waals surface area contributed by atoms with Gasteiger partial charge in [-0.05, 0) is 18.7 Å². The number of pyridine rings is 1. The number of fused-ring (bicyclic) bond motifs is 1. The largest absolute Gasteiger partial charge is 0.378 e. The Morgan fingerprint density at radius 1 is 1.07 bits per heavy atom. The molecule has 1 aliphatic rings. The smallest absolute Gasteiger partial charge is 0.162 e. The molecule has 1 aliphatic heterocycles. The van der Waals surface area contributed by atoms with Gasteiger partial charge in [0, 0.05) is 31.4 Å². The first-order valence-electron chi connectivity index (χ1n) is 9.54. The Bertz CT molecular complexity index is 863. The number of aromatic nitrogens is 3. The lowest BCUT2D eigenvalue weighted by Gasteiger charge is -2.28. The van der Waals surface area contributed by atoms with Crippen LogP contribution in [0.1, 0.15) is 19.4 Å². The summed E-state index contributed by atoms with van der Waals surface area (Å²) in [5.41, 5.74) is 3.85. The van der Waals surface area contributed by atoms with Crippen molar-refractivity contribution in [3.63, 3.8) is 0 Å². The van der Waals surface area contributed by atoms with Crippen LogP contribution in [0.4, 0.5) is 5.82 Å². The van der Waals surface area contributed by atoms with E-state index in [1.807, 2.05) is 57.4 Å². The van der Waals surface area contributed by atoms with Gasteiger partial charge in [-0.1, -0.05) is 44.2 Å². The van der Waals surface area contributed by atoms with E-state index in [1.165, 1.54) is 0 Å². The summed E-state index contributed by atoms with van der Waals surface area (Å²) in [7, 11) is 1.93. The first kappa shape index (κ1) is 19.2. The standard InChI is InChI=1S/C19H21N5O.C2H6/c1-20-12-14-11-16-17(21-13-14)19(24-7-9-25-10-8-24)23-18(22-16)15-5-3-2-4-6-15;1-2/h2-6,11,13,20H,7-10,12H2,1H3;1-2H3. The predicted octanol–water partition coefficient (Wildman–Crippen LogP) is 3.27. The minimum absolute atomic E-state index is 0.712. The van der Waals surface area contributed by atoms with E-state index in [0.717, 1.165) is 53.4 Å². The van der Waals surface area contributed by atoms with Crippen molar-refractivity contribution in [2.75, 3.05) is 38.3 Å². The van der Waals surface area contributed by atoms with E-state index in [-0.39, 0.29) is 0 Å². The monoisotopic (exact) mass is 365 g/mol. The molecule has 27 heavy (non-hydrogen) atoms. The van der Waals surface area contributed by atoms with Crippen molar-refractivity contribution < 1.29 is 4.74 Å². The fraction of sp³-hybridized carbons (Fsp3) is 0.381. The zero-order chi connectivity index (χ0) is 19.1. The Kier molecular flexibility index (Phi) is 6.68. The number of morpholine rings is 1. The first-order chi connectivity index (χ1) is 13.3. The molecule has 0 amide bonds. The van der Waals surface area contributed by atoms with Gasteiger partial charge in [0.25, 0.3) is 0 Å². The fourth-order valence-corrected chi connectivity index (χ4v) is 3.06. The third kappa shape index (κ3) is 4.40. The van der Waals surface area contributed by atoms with E-state index in [2.05, 4.69) is 21.3 Å². The summed E-state index contributed by atoms with van der Waals surface area (Å²) < 4.78 is 5.49. The maximum absolute atomic E-state index is 5.49. The highest BCUT2D eigenvalue weighted by atomic mass is 16.5. The zero-order valence-corrected chi connectivity index (χ0v) is 16.3. The van der Waals surface area contributed by atoms with Gasteiger partial charge in [-0.3, -0.25) is 4.98 Å². The fourth-order valence-electron chi connectivity index (χ4n) is 3.06. The van der Waals surface area contributed by atoms with Crippen LogP contribution < -0.4 is 10.2 Å². The Labute approximate surface area is 160 Å². The van der Waals surface area contributed by atoms with Gasteiger partial charge in [-0.25, -0.2) is 9.97 Å². The quantitative estimate of drug-likeness (QED) is 0.766. The summed E-state index contributed by atoms with van der Waals surface area (Å²) in [6.07, 6.45) is 1.90. The molecule has 0 bridgehead atoms. The molecule has 2 aromatic heterocycles. The average molecular weight is 365 g/mol. The van der Waals surface area contributed by atoms with E-state index in [4.69, 9.17) is 14.7 Å². The molecule has 1 N–H and O–H groups in total. The third-order valence-corrected chi connectivity index (χ3v) is 4.30. The number of hydrogen-bond donors (Lipinski definition) is 1. The van der Waals surface area contributed by atoms with Crippen LogP contribution in [0, 0.1) is 0 Å². The molecular weight excluding hydrogens is 338 g/mol. The molecule has 1 aromatic carbocycles. The Hall–Kier alpha value is -2.57. The van der Waals surface area contributed by atoms with Gasteiger partial charge >= 0.3 is 0 Å². The number of benzene rings is 1. The van der Waals surface area contributed by atoms with Gasteiger partial charge in [-0.15, -0.1) is 0 Å². The van der Waals surface area contributed by atoms with Crippen LogP contribution in [0.15, 0.2) is 42.6 Å². The van der Waals surface area contributed by atoms with Crippen molar-refractivity contribution in [2.24, 2.45) is 0 Å². The average Bonchev–Trinajstić information content (AvgIpc) is 2.76. The SMILES string of the molecule is CC.CNCc1cnc2c(N3CCOCC3)nc(-c3ccccc3)nc2c1. The number of nitrogens with one attached hydrogen (secondary N) is 1. The minimum Gasteiger partial charge on any atom is -0.378 e. The normalized spacial score (nSPS) is 14.0. The van der Waals surface area contributed by atoms with Crippen LogP contribution >= 0.6 is 0 Å². The van der Waals surface area contributed by atoms with Gasteiger partial charge in [0.05, 0.1) is 18.7 Å². The highest BCUT2D eigenvalue weighted by molar-refractivity contribution is 5.87. The molecule has 0 saturated carbocycles. The van der Waals surface area contributed by atoms with Crippen molar-refractivity contribution in [1.82, 2.24) is 20.3 Å². The Morgan fingerprint density at radius 2 is 1.81 bits per heavy atom. The molecule has 0 atom stereocenters. The van der Waals surface area contributed by atoms with E-state index in [0.29, 0.717) is 13.2 Å². The molecular formula is C21H27N5O. The van der Waals surface area contributed by atoms with Crippen LogP contribution in [0.2, 0.25) is 0 Å². The highest BCUT2D eigenvalue weighted by Gasteiger charge is 2.19. The van der Waals surface area contributed by atoms with Crippen LogP contribution in [0.25, 0.3) is 22.4 Å². The number of ether oxygens (including phenoxy) is 1. The minimum atomic E-state index is 0.712. The lowest BCUT2D eigenvalue weighted by molar-refractivity contribution is 0.122. The first-order valence-corrected chi connectivity index (χ1v) is 9.54. The number of hydrogen-bond acceptors (Lipinski definition) is 6. The summed E-state index contributed by atoms with van der Waals surface area (Å²) in [6.45, 7) is 7.83. The second kappa shape index (κ2) is 9.39. The summed E-state index contributed by atoms with van der Waals surface area (Å²) >= 11 is 0. The molecule has 0 spiro atoms. The second-order valence-electron chi connectivity index (χ2n) is 6.08. The van der Waals surface area contributed by atoms with E-state index in [9.17, 15) is 0 Å². The molecule has 0 aliphatic carbocycles. The van der Waals surface area contributed by atoms with Crippen molar-refractivity contribution >= 4 is 16.9 Å². The number of nitrogens with zero attached hydrogens (tertiary/aromatic N) is 4. The number of anilines is 1. The molecule has 1 fully saturated rings. The summed E-state index contributed by atoms with van der Waals surface area (Å²) in [5, 5.41) is 3.16. The topological polar surface area (TPSA) is 63.2 Å². The van der Waals surface area contributed by atoms with Gasteiger partial charge < -0.3 is 15.0 Å². The van der Waals surface area contributed by atoms with Crippen molar-refractivity contribution in [3.8, 4) is 11.4 Å². The van der Waals surface area contributed by atoms with Crippen LogP contribution in [0.3, 0.4) is 0 Å². The molecule has 3 aromatic rings. The summed E-state index contributed by atoms with van der Waals surface area (Å²) in [5.74, 6) is 1.63. The predicted molar refractivity (Wildman–Crippen MR) is 110 cm³/mol. The highest BCUT2D eigenvalue weighted by Crippen LogP contribution is 2.27. The molecule has 142 valence electrons. The lowest BCUT2D eigenvalue weighted by Crippen LogP contribution is -2.37. The molecule has 6 nitrogen and oxygen atoms in total.